The van der Waals surface area contributed by atoms with Crippen LogP contribution in [0.4, 0.5) is 0 Å². The Hall–Kier alpha value is -1.76. The summed E-state index contributed by atoms with van der Waals surface area (Å²) in [6, 6.07) is 3.41. The van der Waals surface area contributed by atoms with Gasteiger partial charge in [-0.2, -0.15) is 5.26 Å². The fourth-order valence-corrected chi connectivity index (χ4v) is 3.57. The standard InChI is InChI=1S/C23H38N2O2/c1-3-4-5-6-7-8-9-10-11-12-13-14-15-16-17-25-22(26)18-20(2)21(19-24)23(25)27/h18,27H,3-17H2,1-2H3. The maximum Gasteiger partial charge on any atom is 0.253 e. The van der Waals surface area contributed by atoms with Crippen molar-refractivity contribution in [3.8, 4) is 11.9 Å². The van der Waals surface area contributed by atoms with Gasteiger partial charge in [0, 0.05) is 12.6 Å². The van der Waals surface area contributed by atoms with Gasteiger partial charge in [0.25, 0.3) is 5.56 Å². The Kier molecular flexibility index (Phi) is 12.3. The Labute approximate surface area is 165 Å². The van der Waals surface area contributed by atoms with Crippen LogP contribution in [0.1, 0.15) is 108 Å². The molecule has 4 nitrogen and oxygen atoms in total. The van der Waals surface area contributed by atoms with Gasteiger partial charge < -0.3 is 5.11 Å². The minimum absolute atomic E-state index is 0.183. The lowest BCUT2D eigenvalue weighted by atomic mass is 10.0. The summed E-state index contributed by atoms with van der Waals surface area (Å²) >= 11 is 0. The first-order chi connectivity index (χ1) is 13.1. The molecule has 0 spiro atoms. The Balaban J connectivity index is 2.06. The van der Waals surface area contributed by atoms with Gasteiger partial charge in [-0.1, -0.05) is 90.4 Å². The molecule has 0 radical (unpaired) electrons. The van der Waals surface area contributed by atoms with Gasteiger partial charge in [-0.15, -0.1) is 0 Å². The van der Waals surface area contributed by atoms with Crippen LogP contribution in [-0.4, -0.2) is 9.67 Å². The Morgan fingerprint density at radius 3 is 1.78 bits per heavy atom. The Bertz CT molecular complexity index is 628. The smallest absolute Gasteiger partial charge is 0.253 e. The molecule has 1 heterocycles. The third kappa shape index (κ3) is 9.13. The lowest BCUT2D eigenvalue weighted by molar-refractivity contribution is 0.396. The second-order valence-corrected chi connectivity index (χ2v) is 7.72. The normalized spacial score (nSPS) is 10.9. The zero-order valence-corrected chi connectivity index (χ0v) is 17.4. The minimum atomic E-state index is -0.223. The average Bonchev–Trinajstić information content (AvgIpc) is 2.64. The van der Waals surface area contributed by atoms with Gasteiger partial charge >= 0.3 is 0 Å². The van der Waals surface area contributed by atoms with Gasteiger partial charge in [0.15, 0.2) is 0 Å². The van der Waals surface area contributed by atoms with E-state index in [-0.39, 0.29) is 17.0 Å². The van der Waals surface area contributed by atoms with Crippen LogP contribution in [0.2, 0.25) is 0 Å². The van der Waals surface area contributed by atoms with E-state index in [2.05, 4.69) is 6.92 Å². The third-order valence-electron chi connectivity index (χ3n) is 5.33. The van der Waals surface area contributed by atoms with Gasteiger partial charge in [-0.25, -0.2) is 0 Å². The monoisotopic (exact) mass is 374 g/mol. The number of nitrogens with zero attached hydrogens (tertiary/aromatic N) is 2. The summed E-state index contributed by atoms with van der Waals surface area (Å²) in [4.78, 5) is 12.0. The number of hydrogen-bond donors (Lipinski definition) is 1. The third-order valence-corrected chi connectivity index (χ3v) is 5.33. The molecular weight excluding hydrogens is 336 g/mol. The molecule has 0 fully saturated rings. The number of nitriles is 1. The van der Waals surface area contributed by atoms with Crippen LogP contribution in [0.5, 0.6) is 5.88 Å². The molecule has 0 aliphatic heterocycles. The molecule has 0 unspecified atom stereocenters. The van der Waals surface area contributed by atoms with Crippen molar-refractivity contribution in [2.75, 3.05) is 0 Å². The second kappa shape index (κ2) is 14.3. The highest BCUT2D eigenvalue weighted by molar-refractivity contribution is 5.43. The van der Waals surface area contributed by atoms with Crippen molar-refractivity contribution in [3.05, 3.63) is 27.5 Å². The SMILES string of the molecule is CCCCCCCCCCCCCCCCn1c(O)c(C#N)c(C)cc1=O. The molecular formula is C23H38N2O2. The van der Waals surface area contributed by atoms with Crippen molar-refractivity contribution < 1.29 is 5.11 Å². The van der Waals surface area contributed by atoms with Crippen LogP contribution in [0.3, 0.4) is 0 Å². The van der Waals surface area contributed by atoms with Crippen molar-refractivity contribution in [2.24, 2.45) is 0 Å². The number of aryl methyl sites for hydroxylation is 1. The number of unbranched alkanes of at least 4 members (excludes halogenated alkanes) is 13. The molecule has 0 aliphatic carbocycles. The van der Waals surface area contributed by atoms with Gasteiger partial charge in [-0.05, 0) is 18.9 Å². The number of aromatic hydroxyl groups is 1. The highest BCUT2D eigenvalue weighted by atomic mass is 16.3. The van der Waals surface area contributed by atoms with E-state index >= 15 is 0 Å². The van der Waals surface area contributed by atoms with Gasteiger partial charge in [0.2, 0.25) is 5.88 Å². The van der Waals surface area contributed by atoms with E-state index in [1.54, 1.807) is 6.92 Å². The summed E-state index contributed by atoms with van der Waals surface area (Å²) in [5.74, 6) is -0.183. The van der Waals surface area contributed by atoms with E-state index in [1.165, 1.54) is 87.7 Å². The van der Waals surface area contributed by atoms with E-state index in [9.17, 15) is 9.90 Å². The molecule has 1 N–H and O–H groups in total. The predicted molar refractivity (Wildman–Crippen MR) is 112 cm³/mol. The molecule has 0 saturated carbocycles. The Morgan fingerprint density at radius 2 is 1.33 bits per heavy atom. The summed E-state index contributed by atoms with van der Waals surface area (Å²) in [6.45, 7) is 4.42. The molecule has 0 amide bonds. The molecule has 1 rings (SSSR count). The van der Waals surface area contributed by atoms with Crippen molar-refractivity contribution in [1.29, 1.82) is 5.26 Å². The second-order valence-electron chi connectivity index (χ2n) is 7.72. The van der Waals surface area contributed by atoms with Crippen LogP contribution in [0, 0.1) is 18.3 Å². The fraction of sp³-hybridized carbons (Fsp3) is 0.739. The van der Waals surface area contributed by atoms with Crippen LogP contribution in [-0.2, 0) is 6.54 Å². The van der Waals surface area contributed by atoms with E-state index in [1.807, 2.05) is 6.07 Å². The quantitative estimate of drug-likeness (QED) is 0.371. The molecule has 27 heavy (non-hydrogen) atoms. The van der Waals surface area contributed by atoms with Gasteiger partial charge in [0.1, 0.15) is 11.6 Å². The first-order valence-electron chi connectivity index (χ1n) is 10.9. The first-order valence-corrected chi connectivity index (χ1v) is 10.9. The maximum absolute atomic E-state index is 12.0. The highest BCUT2D eigenvalue weighted by Gasteiger charge is 2.11. The highest BCUT2D eigenvalue weighted by Crippen LogP contribution is 2.18. The van der Waals surface area contributed by atoms with Crippen LogP contribution in [0.25, 0.3) is 0 Å². The number of pyridine rings is 1. The van der Waals surface area contributed by atoms with Crippen molar-refractivity contribution in [3.63, 3.8) is 0 Å². The molecule has 1 aromatic rings. The summed E-state index contributed by atoms with van der Waals surface area (Å²) in [5.41, 5.74) is 0.524. The molecule has 152 valence electrons. The number of aromatic nitrogens is 1. The largest absolute Gasteiger partial charge is 0.493 e. The molecule has 4 heteroatoms. The summed E-state index contributed by atoms with van der Waals surface area (Å²) in [5, 5.41) is 19.2. The average molecular weight is 375 g/mol. The first kappa shape index (κ1) is 23.3. The zero-order valence-electron chi connectivity index (χ0n) is 17.4. The molecule has 0 saturated heterocycles. The molecule has 0 atom stereocenters. The summed E-state index contributed by atoms with van der Waals surface area (Å²) < 4.78 is 1.33. The van der Waals surface area contributed by atoms with E-state index in [0.29, 0.717) is 12.1 Å². The molecule has 1 aromatic heterocycles. The molecule has 0 bridgehead atoms. The van der Waals surface area contributed by atoms with E-state index in [4.69, 9.17) is 5.26 Å². The predicted octanol–water partition coefficient (Wildman–Crippen LogP) is 6.22. The minimum Gasteiger partial charge on any atom is -0.493 e. The topological polar surface area (TPSA) is 66.0 Å². The van der Waals surface area contributed by atoms with Crippen molar-refractivity contribution in [1.82, 2.24) is 4.57 Å². The lowest BCUT2D eigenvalue weighted by Gasteiger charge is -2.10. The number of rotatable bonds is 15. The zero-order chi connectivity index (χ0) is 19.9. The summed E-state index contributed by atoms with van der Waals surface area (Å²) in [6.07, 6.45) is 18.0. The van der Waals surface area contributed by atoms with Crippen molar-refractivity contribution in [2.45, 2.75) is 110 Å². The fourth-order valence-electron chi connectivity index (χ4n) is 3.57. The number of hydrogen-bond acceptors (Lipinski definition) is 3. The van der Waals surface area contributed by atoms with Crippen molar-refractivity contribution >= 4 is 0 Å². The van der Waals surface area contributed by atoms with E-state index < -0.39 is 0 Å². The van der Waals surface area contributed by atoms with Crippen LogP contribution >= 0.6 is 0 Å². The molecule has 0 aromatic carbocycles. The maximum atomic E-state index is 12.0. The summed E-state index contributed by atoms with van der Waals surface area (Å²) in [7, 11) is 0. The van der Waals surface area contributed by atoms with Gasteiger partial charge in [0.05, 0.1) is 0 Å². The lowest BCUT2D eigenvalue weighted by Crippen LogP contribution is -2.20. The van der Waals surface area contributed by atoms with Crippen LogP contribution in [0.15, 0.2) is 10.9 Å². The molecule has 0 aliphatic rings. The Morgan fingerprint density at radius 1 is 0.889 bits per heavy atom. The van der Waals surface area contributed by atoms with Crippen LogP contribution < -0.4 is 5.56 Å². The van der Waals surface area contributed by atoms with Gasteiger partial charge in [-0.3, -0.25) is 9.36 Å². The van der Waals surface area contributed by atoms with E-state index in [0.717, 1.165) is 12.8 Å².